The molecule has 0 aromatic heterocycles. The minimum Gasteiger partial charge on any atom is -0.489 e. The van der Waals surface area contributed by atoms with Crippen molar-refractivity contribution in [2.45, 2.75) is 12.7 Å². The van der Waals surface area contributed by atoms with Crippen LogP contribution in [0.4, 0.5) is 0 Å². The Labute approximate surface area is 211 Å². The summed E-state index contributed by atoms with van der Waals surface area (Å²) in [5.41, 5.74) is 2.24. The summed E-state index contributed by atoms with van der Waals surface area (Å²) in [6.07, 6.45) is -1.09. The molecule has 0 spiro atoms. The highest BCUT2D eigenvalue weighted by Gasteiger charge is 2.26. The molecule has 0 unspecified atom stereocenters. The van der Waals surface area contributed by atoms with E-state index in [-0.39, 0.29) is 5.78 Å². The molecular weight excluding hydrogens is 516 g/mol. The van der Waals surface area contributed by atoms with Crippen LogP contribution in [0.15, 0.2) is 108 Å². The molecular formula is C28H20BrClO4. The van der Waals surface area contributed by atoms with E-state index in [0.29, 0.717) is 28.3 Å². The molecule has 0 saturated heterocycles. The van der Waals surface area contributed by atoms with Crippen molar-refractivity contribution in [1.82, 2.24) is 0 Å². The third-order valence-corrected chi connectivity index (χ3v) is 5.88. The quantitative estimate of drug-likeness (QED) is 0.174. The zero-order chi connectivity index (χ0) is 23.9. The minimum absolute atomic E-state index is 0.309. The molecule has 6 heteroatoms. The van der Waals surface area contributed by atoms with Gasteiger partial charge >= 0.3 is 5.97 Å². The molecule has 0 aliphatic heterocycles. The number of benzene rings is 4. The number of hydrogen-bond acceptors (Lipinski definition) is 4. The first-order chi connectivity index (χ1) is 16.5. The number of rotatable bonds is 8. The van der Waals surface area contributed by atoms with Gasteiger partial charge in [-0.2, -0.15) is 0 Å². The average Bonchev–Trinajstić information content (AvgIpc) is 2.88. The first-order valence-corrected chi connectivity index (χ1v) is 11.7. The van der Waals surface area contributed by atoms with Gasteiger partial charge in [-0.25, -0.2) is 4.79 Å². The molecule has 0 radical (unpaired) electrons. The summed E-state index contributed by atoms with van der Waals surface area (Å²) in [5, 5.41) is 0.530. The predicted molar refractivity (Wildman–Crippen MR) is 135 cm³/mol. The van der Waals surface area contributed by atoms with E-state index in [2.05, 4.69) is 15.9 Å². The van der Waals surface area contributed by atoms with Crippen LogP contribution in [0.1, 0.15) is 37.9 Å². The van der Waals surface area contributed by atoms with Gasteiger partial charge in [0.15, 0.2) is 6.10 Å². The Kier molecular flexibility index (Phi) is 7.78. The number of Topliss-reactive ketones (excluding diaryl/α,β-unsaturated/α-hetero) is 1. The molecule has 0 heterocycles. The standard InChI is InChI=1S/C28H20BrClO4/c29-23-12-16-25(17-13-23)33-18-19-6-8-22(9-7-19)28(32)34-27(21-10-14-24(30)15-11-21)26(31)20-4-2-1-3-5-20/h1-17,27H,18H2/t27-/m1/s1. The second-order valence-electron chi connectivity index (χ2n) is 7.51. The van der Waals surface area contributed by atoms with Gasteiger partial charge in [-0.1, -0.05) is 82.1 Å². The van der Waals surface area contributed by atoms with Crippen molar-refractivity contribution in [2.24, 2.45) is 0 Å². The topological polar surface area (TPSA) is 52.6 Å². The van der Waals surface area contributed by atoms with E-state index < -0.39 is 12.1 Å². The number of ketones is 1. The summed E-state index contributed by atoms with van der Waals surface area (Å²) in [7, 11) is 0. The highest BCUT2D eigenvalue weighted by molar-refractivity contribution is 9.10. The molecule has 0 saturated carbocycles. The van der Waals surface area contributed by atoms with Gasteiger partial charge in [0, 0.05) is 20.6 Å². The zero-order valence-electron chi connectivity index (χ0n) is 18.0. The number of carbonyl (C=O) groups excluding carboxylic acids is 2. The Hall–Kier alpha value is -3.41. The zero-order valence-corrected chi connectivity index (χ0v) is 20.3. The lowest BCUT2D eigenvalue weighted by molar-refractivity contribution is 0.0280. The van der Waals surface area contributed by atoms with Crippen LogP contribution in [0, 0.1) is 0 Å². The fraction of sp³-hybridized carbons (Fsp3) is 0.0714. The number of carbonyl (C=O) groups is 2. The van der Waals surface area contributed by atoms with E-state index in [1.165, 1.54) is 0 Å². The summed E-state index contributed by atoms with van der Waals surface area (Å²) < 4.78 is 12.4. The number of hydrogen-bond donors (Lipinski definition) is 0. The Morgan fingerprint density at radius 1 is 0.765 bits per heavy atom. The average molecular weight is 536 g/mol. The van der Waals surface area contributed by atoms with Gasteiger partial charge in [0.2, 0.25) is 5.78 Å². The first-order valence-electron chi connectivity index (χ1n) is 10.5. The number of ether oxygens (including phenoxy) is 2. The van der Waals surface area contributed by atoms with Crippen molar-refractivity contribution in [3.63, 3.8) is 0 Å². The van der Waals surface area contributed by atoms with Crippen LogP contribution in [0.5, 0.6) is 5.75 Å². The highest BCUT2D eigenvalue weighted by Crippen LogP contribution is 2.26. The van der Waals surface area contributed by atoms with Gasteiger partial charge in [0.05, 0.1) is 5.56 Å². The molecule has 4 aromatic carbocycles. The van der Waals surface area contributed by atoms with Crippen molar-refractivity contribution in [2.75, 3.05) is 0 Å². The van der Waals surface area contributed by atoms with Crippen LogP contribution in [-0.4, -0.2) is 11.8 Å². The van der Waals surface area contributed by atoms with Gasteiger partial charge in [-0.15, -0.1) is 0 Å². The van der Waals surface area contributed by atoms with E-state index in [1.807, 2.05) is 30.3 Å². The molecule has 34 heavy (non-hydrogen) atoms. The molecule has 170 valence electrons. The Balaban J connectivity index is 1.47. The molecule has 0 aliphatic carbocycles. The third kappa shape index (κ3) is 6.13. The fourth-order valence-electron chi connectivity index (χ4n) is 3.27. The van der Waals surface area contributed by atoms with Crippen molar-refractivity contribution in [3.05, 3.63) is 135 Å². The first kappa shape index (κ1) is 23.7. The lowest BCUT2D eigenvalue weighted by Crippen LogP contribution is -2.20. The maximum Gasteiger partial charge on any atom is 0.339 e. The molecule has 0 bridgehead atoms. The van der Waals surface area contributed by atoms with Gasteiger partial charge in [-0.3, -0.25) is 4.79 Å². The van der Waals surface area contributed by atoms with Crippen LogP contribution in [0.2, 0.25) is 5.02 Å². The van der Waals surface area contributed by atoms with Crippen LogP contribution in [-0.2, 0) is 11.3 Å². The Morgan fingerprint density at radius 2 is 1.41 bits per heavy atom. The summed E-state index contributed by atoms with van der Waals surface area (Å²) in [5.74, 6) is -0.155. The van der Waals surface area contributed by atoms with Crippen molar-refractivity contribution in [3.8, 4) is 5.75 Å². The van der Waals surface area contributed by atoms with Gasteiger partial charge in [0.1, 0.15) is 12.4 Å². The molecule has 0 aliphatic rings. The maximum atomic E-state index is 13.2. The normalized spacial score (nSPS) is 11.5. The smallest absolute Gasteiger partial charge is 0.339 e. The van der Waals surface area contributed by atoms with E-state index in [9.17, 15) is 9.59 Å². The summed E-state index contributed by atoms with van der Waals surface area (Å²) in [4.78, 5) is 26.1. The Bertz CT molecular complexity index is 1250. The third-order valence-electron chi connectivity index (χ3n) is 5.10. The van der Waals surface area contributed by atoms with Crippen LogP contribution in [0.25, 0.3) is 0 Å². The fourth-order valence-corrected chi connectivity index (χ4v) is 3.66. The number of esters is 1. The Morgan fingerprint density at radius 3 is 2.06 bits per heavy atom. The molecule has 1 atom stereocenters. The largest absolute Gasteiger partial charge is 0.489 e. The molecule has 4 aromatic rings. The lowest BCUT2D eigenvalue weighted by atomic mass is 9.99. The van der Waals surface area contributed by atoms with E-state index in [4.69, 9.17) is 21.1 Å². The van der Waals surface area contributed by atoms with Crippen LogP contribution in [0.3, 0.4) is 0 Å². The summed E-state index contributed by atoms with van der Waals surface area (Å²) in [6.45, 7) is 0.358. The summed E-state index contributed by atoms with van der Waals surface area (Å²) in [6, 6.07) is 29.9. The molecule has 0 amide bonds. The molecule has 4 nitrogen and oxygen atoms in total. The van der Waals surface area contributed by atoms with E-state index in [0.717, 1.165) is 15.8 Å². The SMILES string of the molecule is O=C(O[C@@H](C(=O)c1ccccc1)c1ccc(Cl)cc1)c1ccc(COc2ccc(Br)cc2)cc1. The lowest BCUT2D eigenvalue weighted by Gasteiger charge is -2.18. The summed E-state index contributed by atoms with van der Waals surface area (Å²) >= 11 is 9.39. The van der Waals surface area contributed by atoms with E-state index in [1.54, 1.807) is 72.8 Å². The van der Waals surface area contributed by atoms with Crippen molar-refractivity contribution >= 4 is 39.3 Å². The minimum atomic E-state index is -1.09. The van der Waals surface area contributed by atoms with Gasteiger partial charge < -0.3 is 9.47 Å². The number of halogens is 2. The van der Waals surface area contributed by atoms with E-state index >= 15 is 0 Å². The monoisotopic (exact) mass is 534 g/mol. The highest BCUT2D eigenvalue weighted by atomic mass is 79.9. The molecule has 0 fully saturated rings. The van der Waals surface area contributed by atoms with Crippen LogP contribution >= 0.6 is 27.5 Å². The predicted octanol–water partition coefficient (Wildman–Crippen LogP) is 7.46. The molecule has 4 rings (SSSR count). The van der Waals surface area contributed by atoms with Gasteiger partial charge in [0.25, 0.3) is 0 Å². The second-order valence-corrected chi connectivity index (χ2v) is 8.86. The van der Waals surface area contributed by atoms with Crippen molar-refractivity contribution < 1.29 is 19.1 Å². The molecule has 0 N–H and O–H groups in total. The van der Waals surface area contributed by atoms with Gasteiger partial charge in [-0.05, 0) is 54.1 Å². The van der Waals surface area contributed by atoms with Crippen LogP contribution < -0.4 is 4.74 Å². The maximum absolute atomic E-state index is 13.2. The second kappa shape index (κ2) is 11.1. The van der Waals surface area contributed by atoms with Crippen molar-refractivity contribution in [1.29, 1.82) is 0 Å².